The molecule has 0 aliphatic carbocycles. The van der Waals surface area contributed by atoms with Gasteiger partial charge in [-0.15, -0.1) is 0 Å². The van der Waals surface area contributed by atoms with E-state index >= 15 is 0 Å². The topological polar surface area (TPSA) is 152 Å². The lowest BCUT2D eigenvalue weighted by atomic mass is 9.96. The minimum atomic E-state index is -1.38. The van der Waals surface area contributed by atoms with Gasteiger partial charge in [0.05, 0.1) is 40.1 Å². The third-order valence-electron chi connectivity index (χ3n) is 10.1. The molecule has 2 aliphatic rings. The van der Waals surface area contributed by atoms with Crippen molar-refractivity contribution >= 4 is 0 Å². The summed E-state index contributed by atoms with van der Waals surface area (Å²) in [5.41, 5.74) is 13.8. The SMILES string of the molecule is COc1ccc(OC[C@H]2OC(O)[C@H](OCc3ccccc3)[C@@H]2O[C@@H]2O[C@H](COCc3ccccc3)[C@@H](OCc3ccccc3)[C@H](OCc3ccccc3)[C@H]2N=[N+]=[N-])cc1. The lowest BCUT2D eigenvalue weighted by Gasteiger charge is -2.45. The Hall–Kier alpha value is -5.31. The maximum atomic E-state index is 11.3. The normalized spacial score (nSPS) is 25.2. The van der Waals surface area contributed by atoms with E-state index in [1.54, 1.807) is 31.4 Å². The first-order valence-corrected chi connectivity index (χ1v) is 19.6. The van der Waals surface area contributed by atoms with Crippen LogP contribution in [0.25, 0.3) is 10.4 Å². The Bertz CT molecular complexity index is 2010. The Kier molecular flexibility index (Phi) is 15.3. The van der Waals surface area contributed by atoms with E-state index in [-0.39, 0.29) is 33.0 Å². The predicted octanol–water partition coefficient (Wildman–Crippen LogP) is 7.55. The highest BCUT2D eigenvalue weighted by Gasteiger charge is 2.53. The first kappa shape index (κ1) is 41.8. The highest BCUT2D eigenvalue weighted by molar-refractivity contribution is 5.31. The Morgan fingerprint density at radius 3 is 1.56 bits per heavy atom. The molecule has 9 atom stereocenters. The van der Waals surface area contributed by atoms with Crippen molar-refractivity contribution in [1.82, 2.24) is 0 Å². The van der Waals surface area contributed by atoms with E-state index in [1.165, 1.54) is 0 Å². The van der Waals surface area contributed by atoms with Gasteiger partial charge in [0.2, 0.25) is 0 Å². The first-order valence-electron chi connectivity index (χ1n) is 19.6. The zero-order valence-electron chi connectivity index (χ0n) is 32.8. The molecule has 2 fully saturated rings. The molecular formula is C46H49N3O10. The van der Waals surface area contributed by atoms with Crippen molar-refractivity contribution in [3.8, 4) is 11.5 Å². The van der Waals surface area contributed by atoms with Gasteiger partial charge in [0, 0.05) is 4.91 Å². The van der Waals surface area contributed by atoms with Crippen LogP contribution in [-0.2, 0) is 59.6 Å². The van der Waals surface area contributed by atoms with Crippen LogP contribution in [0.3, 0.4) is 0 Å². The largest absolute Gasteiger partial charge is 0.497 e. The van der Waals surface area contributed by atoms with E-state index in [0.717, 1.165) is 22.3 Å². The fraction of sp³-hybridized carbons (Fsp3) is 0.348. The quantitative estimate of drug-likeness (QED) is 0.0474. The Morgan fingerprint density at radius 1 is 0.559 bits per heavy atom. The van der Waals surface area contributed by atoms with Gasteiger partial charge in [-0.1, -0.05) is 126 Å². The minimum Gasteiger partial charge on any atom is -0.497 e. The molecule has 13 heteroatoms. The van der Waals surface area contributed by atoms with Crippen molar-refractivity contribution in [2.45, 2.75) is 81.7 Å². The van der Waals surface area contributed by atoms with Crippen molar-refractivity contribution < 1.29 is 47.7 Å². The number of nitrogens with zero attached hydrogens (tertiary/aromatic N) is 3. The summed E-state index contributed by atoms with van der Waals surface area (Å²) in [6.07, 6.45) is -7.80. The van der Waals surface area contributed by atoms with Crippen LogP contribution in [-0.4, -0.2) is 80.7 Å². The fourth-order valence-electron chi connectivity index (χ4n) is 7.07. The third kappa shape index (κ3) is 11.7. The number of aliphatic hydroxyl groups excluding tert-OH is 1. The number of methoxy groups -OCH3 is 1. The van der Waals surface area contributed by atoms with Gasteiger partial charge in [0.25, 0.3) is 0 Å². The average molecular weight is 804 g/mol. The van der Waals surface area contributed by atoms with E-state index < -0.39 is 55.2 Å². The second-order valence-corrected chi connectivity index (χ2v) is 14.2. The summed E-state index contributed by atoms with van der Waals surface area (Å²) in [7, 11) is 1.59. The van der Waals surface area contributed by atoms with Gasteiger partial charge < -0.3 is 47.7 Å². The molecule has 308 valence electrons. The monoisotopic (exact) mass is 803 g/mol. The van der Waals surface area contributed by atoms with Gasteiger partial charge in [-0.3, -0.25) is 0 Å². The number of ether oxygens (including phenoxy) is 9. The summed E-state index contributed by atoms with van der Waals surface area (Å²) >= 11 is 0. The summed E-state index contributed by atoms with van der Waals surface area (Å²) < 4.78 is 57.0. The molecule has 0 aromatic heterocycles. The van der Waals surface area contributed by atoms with Gasteiger partial charge in [-0.05, 0) is 52.1 Å². The Labute approximate surface area is 343 Å². The predicted molar refractivity (Wildman–Crippen MR) is 217 cm³/mol. The molecule has 0 bridgehead atoms. The van der Waals surface area contributed by atoms with Crippen molar-refractivity contribution in [2.24, 2.45) is 5.11 Å². The van der Waals surface area contributed by atoms with Gasteiger partial charge in [-0.2, -0.15) is 0 Å². The summed E-state index contributed by atoms with van der Waals surface area (Å²) in [5, 5.41) is 15.6. The molecule has 13 nitrogen and oxygen atoms in total. The number of aliphatic hydroxyl groups is 1. The zero-order chi connectivity index (χ0) is 40.7. The van der Waals surface area contributed by atoms with Gasteiger partial charge in [0.15, 0.2) is 12.6 Å². The highest BCUT2D eigenvalue weighted by Crippen LogP contribution is 2.35. The molecule has 1 N–H and O–H groups in total. The Morgan fingerprint density at radius 2 is 1.03 bits per heavy atom. The number of hydrogen-bond donors (Lipinski definition) is 1. The van der Waals surface area contributed by atoms with Crippen LogP contribution in [0.15, 0.2) is 151 Å². The van der Waals surface area contributed by atoms with Crippen LogP contribution in [0.4, 0.5) is 0 Å². The van der Waals surface area contributed by atoms with Crippen LogP contribution < -0.4 is 9.47 Å². The molecule has 1 unspecified atom stereocenters. The average Bonchev–Trinajstić information content (AvgIpc) is 3.58. The minimum absolute atomic E-state index is 0.0154. The smallest absolute Gasteiger partial charge is 0.184 e. The molecule has 59 heavy (non-hydrogen) atoms. The van der Waals surface area contributed by atoms with Crippen LogP contribution in [0, 0.1) is 0 Å². The summed E-state index contributed by atoms with van der Waals surface area (Å²) in [5.74, 6) is 1.23. The van der Waals surface area contributed by atoms with Gasteiger partial charge in [-0.25, -0.2) is 0 Å². The number of hydrogen-bond acceptors (Lipinski definition) is 11. The molecule has 5 aromatic rings. The number of rotatable bonds is 20. The van der Waals surface area contributed by atoms with Crippen molar-refractivity contribution in [3.05, 3.63) is 178 Å². The van der Waals surface area contributed by atoms with Crippen LogP contribution in [0.1, 0.15) is 22.3 Å². The molecule has 5 aromatic carbocycles. The standard InChI is InChI=1S/C46H49N3O10/c1-51-36-22-24-37(25-23-36)53-31-39-42(44(45(50)57-39)56-29-35-20-12-5-13-21-35)59-46-40(48-49-47)43(55-28-34-18-10-4-11-19-34)41(54-27-33-16-8-3-9-17-33)38(58-46)30-52-26-32-14-6-2-7-15-32/h2-25,38-46,50H,26-31H2,1H3/t38-,39-,40-,41-,42-,43-,44-,45?,46+/m1/s1. The van der Waals surface area contributed by atoms with E-state index in [4.69, 9.17) is 42.6 Å². The molecular weight excluding hydrogens is 755 g/mol. The lowest BCUT2D eigenvalue weighted by Crippen LogP contribution is -2.61. The second-order valence-electron chi connectivity index (χ2n) is 14.2. The highest BCUT2D eigenvalue weighted by atomic mass is 16.7. The van der Waals surface area contributed by atoms with Gasteiger partial charge in [0.1, 0.15) is 60.8 Å². The third-order valence-corrected chi connectivity index (χ3v) is 10.1. The van der Waals surface area contributed by atoms with E-state index in [1.807, 2.05) is 121 Å². The molecule has 2 heterocycles. The van der Waals surface area contributed by atoms with Crippen LogP contribution in [0.5, 0.6) is 11.5 Å². The molecule has 0 saturated carbocycles. The zero-order valence-corrected chi connectivity index (χ0v) is 32.8. The van der Waals surface area contributed by atoms with Crippen molar-refractivity contribution in [3.63, 3.8) is 0 Å². The fourth-order valence-corrected chi connectivity index (χ4v) is 7.07. The summed E-state index contributed by atoms with van der Waals surface area (Å²) in [4.78, 5) is 3.24. The Balaban J connectivity index is 1.19. The van der Waals surface area contributed by atoms with Crippen LogP contribution >= 0.6 is 0 Å². The molecule has 0 radical (unpaired) electrons. The maximum absolute atomic E-state index is 11.3. The van der Waals surface area contributed by atoms with Crippen molar-refractivity contribution in [1.29, 1.82) is 0 Å². The summed E-state index contributed by atoms with van der Waals surface area (Å²) in [6, 6.07) is 44.9. The van der Waals surface area contributed by atoms with E-state index in [0.29, 0.717) is 18.1 Å². The van der Waals surface area contributed by atoms with Crippen LogP contribution in [0.2, 0.25) is 0 Å². The van der Waals surface area contributed by atoms with E-state index in [9.17, 15) is 10.6 Å². The summed E-state index contributed by atoms with van der Waals surface area (Å²) in [6.45, 7) is 0.965. The number of azide groups is 1. The first-order chi connectivity index (χ1) is 29.1. The maximum Gasteiger partial charge on any atom is 0.184 e. The molecule has 2 saturated heterocycles. The molecule has 7 rings (SSSR count). The molecule has 0 amide bonds. The molecule has 2 aliphatic heterocycles. The molecule has 0 spiro atoms. The number of benzene rings is 5. The lowest BCUT2D eigenvalue weighted by molar-refractivity contribution is -0.304. The second kappa shape index (κ2) is 21.6. The van der Waals surface area contributed by atoms with Gasteiger partial charge >= 0.3 is 0 Å². The van der Waals surface area contributed by atoms with E-state index in [2.05, 4.69) is 10.0 Å². The van der Waals surface area contributed by atoms with Crippen molar-refractivity contribution in [2.75, 3.05) is 20.3 Å².